The summed E-state index contributed by atoms with van der Waals surface area (Å²) in [6.45, 7) is 1.93. The molecule has 2 aromatic carbocycles. The van der Waals surface area contributed by atoms with E-state index >= 15 is 0 Å². The topological polar surface area (TPSA) is 81.6 Å². The molecule has 2 amide bonds. The second-order valence-corrected chi connectivity index (χ2v) is 6.29. The molecule has 2 aromatic rings. The lowest BCUT2D eigenvalue weighted by Crippen LogP contribution is -2.31. The molecule has 0 aromatic heterocycles. The lowest BCUT2D eigenvalue weighted by atomic mass is 9.89. The zero-order valence-electron chi connectivity index (χ0n) is 13.7. The number of phenolic OH excluding ortho intramolecular Hbond substituents is 2. The van der Waals surface area contributed by atoms with Crippen molar-refractivity contribution >= 4 is 11.7 Å². The summed E-state index contributed by atoms with van der Waals surface area (Å²) >= 11 is 0. The first kappa shape index (κ1) is 16.2. The standard InChI is InChI=1S/C19H22N2O3/c1-12(14-7-6-13-4-2-3-5-15(13)8-14)20-19(24)21-16-9-17(22)11-18(23)10-16/h6-12,22-23H,2-5H2,1H3,(H2,20,21,24). The monoisotopic (exact) mass is 326 g/mol. The quantitative estimate of drug-likeness (QED) is 0.691. The van der Waals surface area contributed by atoms with E-state index in [0.717, 1.165) is 18.4 Å². The zero-order chi connectivity index (χ0) is 17.1. The fourth-order valence-corrected chi connectivity index (χ4v) is 3.14. The smallest absolute Gasteiger partial charge is 0.319 e. The van der Waals surface area contributed by atoms with Crippen LogP contribution in [-0.2, 0) is 12.8 Å². The maximum absolute atomic E-state index is 12.1. The number of benzene rings is 2. The van der Waals surface area contributed by atoms with Crippen molar-refractivity contribution in [2.24, 2.45) is 0 Å². The first-order valence-corrected chi connectivity index (χ1v) is 8.23. The molecule has 0 saturated heterocycles. The van der Waals surface area contributed by atoms with Crippen molar-refractivity contribution < 1.29 is 15.0 Å². The van der Waals surface area contributed by atoms with Crippen LogP contribution in [0.3, 0.4) is 0 Å². The van der Waals surface area contributed by atoms with Crippen LogP contribution in [0.2, 0.25) is 0 Å². The van der Waals surface area contributed by atoms with Gasteiger partial charge in [0.2, 0.25) is 0 Å². The summed E-state index contributed by atoms with van der Waals surface area (Å²) in [5.41, 5.74) is 4.20. The van der Waals surface area contributed by atoms with Gasteiger partial charge in [-0.2, -0.15) is 0 Å². The van der Waals surface area contributed by atoms with Crippen molar-refractivity contribution in [3.05, 3.63) is 53.1 Å². The normalized spacial score (nSPS) is 14.5. The van der Waals surface area contributed by atoms with Gasteiger partial charge >= 0.3 is 6.03 Å². The Bertz CT molecular complexity index is 738. The van der Waals surface area contributed by atoms with E-state index < -0.39 is 0 Å². The van der Waals surface area contributed by atoms with Crippen LogP contribution in [-0.4, -0.2) is 16.2 Å². The van der Waals surface area contributed by atoms with Gasteiger partial charge in [-0.3, -0.25) is 0 Å². The molecular formula is C19H22N2O3. The summed E-state index contributed by atoms with van der Waals surface area (Å²) in [4.78, 5) is 12.1. The average Bonchev–Trinajstić information content (AvgIpc) is 2.53. The number of hydrogen-bond acceptors (Lipinski definition) is 3. The maximum Gasteiger partial charge on any atom is 0.319 e. The number of rotatable bonds is 3. The van der Waals surface area contributed by atoms with E-state index in [2.05, 4.69) is 28.8 Å². The number of hydrogen-bond donors (Lipinski definition) is 4. The second-order valence-electron chi connectivity index (χ2n) is 6.29. The van der Waals surface area contributed by atoms with Crippen LogP contribution >= 0.6 is 0 Å². The highest BCUT2D eigenvalue weighted by atomic mass is 16.3. The maximum atomic E-state index is 12.1. The van der Waals surface area contributed by atoms with Crippen molar-refractivity contribution in [2.45, 2.75) is 38.6 Å². The van der Waals surface area contributed by atoms with Gasteiger partial charge in [0.25, 0.3) is 0 Å². The minimum Gasteiger partial charge on any atom is -0.508 e. The first-order chi connectivity index (χ1) is 11.5. The lowest BCUT2D eigenvalue weighted by molar-refractivity contribution is 0.249. The summed E-state index contributed by atoms with van der Waals surface area (Å²) in [5, 5.41) is 24.4. The van der Waals surface area contributed by atoms with Crippen LogP contribution in [0.1, 0.15) is 42.5 Å². The largest absolute Gasteiger partial charge is 0.508 e. The molecule has 1 aliphatic carbocycles. The van der Waals surface area contributed by atoms with E-state index in [0.29, 0.717) is 5.69 Å². The van der Waals surface area contributed by atoms with E-state index in [1.807, 2.05) is 6.92 Å². The molecule has 24 heavy (non-hydrogen) atoms. The molecule has 0 radical (unpaired) electrons. The van der Waals surface area contributed by atoms with Gasteiger partial charge in [0, 0.05) is 23.9 Å². The summed E-state index contributed by atoms with van der Waals surface area (Å²) in [6, 6.07) is 9.85. The van der Waals surface area contributed by atoms with Gasteiger partial charge in [-0.05, 0) is 49.3 Å². The Balaban J connectivity index is 1.65. The molecule has 0 fully saturated rings. The summed E-state index contributed by atoms with van der Waals surface area (Å²) in [6.07, 6.45) is 4.71. The van der Waals surface area contributed by atoms with Gasteiger partial charge in [0.15, 0.2) is 0 Å². The van der Waals surface area contributed by atoms with Crippen LogP contribution in [0.5, 0.6) is 11.5 Å². The van der Waals surface area contributed by atoms with Gasteiger partial charge in [-0.15, -0.1) is 0 Å². The molecule has 0 heterocycles. The number of anilines is 1. The number of carbonyl (C=O) groups is 1. The number of amides is 2. The van der Waals surface area contributed by atoms with E-state index in [1.165, 1.54) is 42.2 Å². The Morgan fingerprint density at radius 3 is 2.38 bits per heavy atom. The van der Waals surface area contributed by atoms with E-state index in [1.54, 1.807) is 0 Å². The van der Waals surface area contributed by atoms with Crippen LogP contribution in [0.15, 0.2) is 36.4 Å². The molecule has 126 valence electrons. The number of nitrogens with one attached hydrogen (secondary N) is 2. The highest BCUT2D eigenvalue weighted by Gasteiger charge is 2.14. The summed E-state index contributed by atoms with van der Waals surface area (Å²) in [7, 11) is 0. The van der Waals surface area contributed by atoms with E-state index in [9.17, 15) is 15.0 Å². The highest BCUT2D eigenvalue weighted by molar-refractivity contribution is 5.90. The van der Waals surface area contributed by atoms with Crippen LogP contribution in [0, 0.1) is 0 Å². The van der Waals surface area contributed by atoms with Crippen molar-refractivity contribution in [3.63, 3.8) is 0 Å². The number of aromatic hydroxyl groups is 2. The Hall–Kier alpha value is -2.69. The van der Waals surface area contributed by atoms with Crippen molar-refractivity contribution in [2.75, 3.05) is 5.32 Å². The Kier molecular flexibility index (Phi) is 4.60. The number of carbonyl (C=O) groups excluding carboxylic acids is 1. The molecule has 1 unspecified atom stereocenters. The molecule has 0 saturated carbocycles. The van der Waals surface area contributed by atoms with Crippen molar-refractivity contribution in [3.8, 4) is 11.5 Å². The van der Waals surface area contributed by atoms with E-state index in [-0.39, 0.29) is 23.6 Å². The van der Waals surface area contributed by atoms with E-state index in [4.69, 9.17) is 0 Å². The number of aryl methyl sites for hydroxylation is 2. The molecule has 3 rings (SSSR count). The minimum atomic E-state index is -0.384. The average molecular weight is 326 g/mol. The number of urea groups is 1. The number of fused-ring (bicyclic) bond motifs is 1. The third kappa shape index (κ3) is 3.79. The Morgan fingerprint density at radius 2 is 1.67 bits per heavy atom. The minimum absolute atomic E-state index is 0.104. The predicted octanol–water partition coefficient (Wildman–Crippen LogP) is 3.86. The molecule has 0 aliphatic heterocycles. The molecule has 4 N–H and O–H groups in total. The number of phenols is 2. The predicted molar refractivity (Wildman–Crippen MR) is 93.4 cm³/mol. The molecule has 1 atom stereocenters. The highest BCUT2D eigenvalue weighted by Crippen LogP contribution is 2.26. The summed E-state index contributed by atoms with van der Waals surface area (Å²) < 4.78 is 0. The molecular weight excluding hydrogens is 304 g/mol. The SMILES string of the molecule is CC(NC(=O)Nc1cc(O)cc(O)c1)c1ccc2c(c1)CCCC2. The third-order valence-corrected chi connectivity index (χ3v) is 4.38. The van der Waals surface area contributed by atoms with Gasteiger partial charge in [0.1, 0.15) is 11.5 Å². The van der Waals surface area contributed by atoms with Crippen LogP contribution < -0.4 is 10.6 Å². The molecule has 5 heteroatoms. The van der Waals surface area contributed by atoms with Crippen LogP contribution in [0.25, 0.3) is 0 Å². The van der Waals surface area contributed by atoms with Gasteiger partial charge < -0.3 is 20.8 Å². The van der Waals surface area contributed by atoms with Crippen LogP contribution in [0.4, 0.5) is 10.5 Å². The van der Waals surface area contributed by atoms with Gasteiger partial charge in [0.05, 0.1) is 6.04 Å². The molecule has 1 aliphatic rings. The van der Waals surface area contributed by atoms with Gasteiger partial charge in [-0.1, -0.05) is 18.2 Å². The molecule has 0 spiro atoms. The Labute approximate surface area is 141 Å². The van der Waals surface area contributed by atoms with Gasteiger partial charge in [-0.25, -0.2) is 4.79 Å². The summed E-state index contributed by atoms with van der Waals surface area (Å²) in [5.74, 6) is -0.207. The second kappa shape index (κ2) is 6.83. The fraction of sp³-hybridized carbons (Fsp3) is 0.316. The fourth-order valence-electron chi connectivity index (χ4n) is 3.14. The Morgan fingerprint density at radius 1 is 1.00 bits per heavy atom. The third-order valence-electron chi connectivity index (χ3n) is 4.38. The zero-order valence-corrected chi connectivity index (χ0v) is 13.7. The molecule has 5 nitrogen and oxygen atoms in total. The first-order valence-electron chi connectivity index (χ1n) is 8.23. The lowest BCUT2D eigenvalue weighted by Gasteiger charge is -2.20. The molecule has 0 bridgehead atoms. The van der Waals surface area contributed by atoms with Crippen molar-refractivity contribution in [1.29, 1.82) is 0 Å². The van der Waals surface area contributed by atoms with Crippen molar-refractivity contribution in [1.82, 2.24) is 5.32 Å².